The molecule has 1 nitrogen and oxygen atoms in total. The molecular formula is C17H10BrN. The van der Waals surface area contributed by atoms with Gasteiger partial charge in [-0.15, -0.1) is 0 Å². The first kappa shape index (κ1) is 12.0. The number of nitriles is 1. The summed E-state index contributed by atoms with van der Waals surface area (Å²) >= 11 is 3.55. The quantitative estimate of drug-likeness (QED) is 0.610. The van der Waals surface area contributed by atoms with Crippen molar-refractivity contribution in [3.05, 3.63) is 70.7 Å². The average Bonchev–Trinajstić information content (AvgIpc) is 2.47. The molecule has 2 heteroatoms. The Morgan fingerprint density at radius 1 is 0.895 bits per heavy atom. The summed E-state index contributed by atoms with van der Waals surface area (Å²) in [5.74, 6) is 0. The molecule has 3 aromatic carbocycles. The molecule has 0 heterocycles. The molecule has 0 atom stereocenters. The molecule has 0 bridgehead atoms. The van der Waals surface area contributed by atoms with E-state index in [1.54, 1.807) is 0 Å². The summed E-state index contributed by atoms with van der Waals surface area (Å²) in [5.41, 5.74) is 2.76. The number of rotatable bonds is 1. The third-order valence-corrected chi connectivity index (χ3v) is 3.88. The second-order valence-electron chi connectivity index (χ2n) is 4.33. The predicted octanol–water partition coefficient (Wildman–Crippen LogP) is 5.14. The molecule has 0 fully saturated rings. The number of fused-ring (bicyclic) bond motifs is 1. The summed E-state index contributed by atoms with van der Waals surface area (Å²) in [7, 11) is 0. The molecule has 0 saturated heterocycles. The Kier molecular flexibility index (Phi) is 3.06. The Hall–Kier alpha value is -2.11. The lowest BCUT2D eigenvalue weighted by molar-refractivity contribution is 1.48. The standard InChI is InChI=1S/C17H10BrN/c18-17-7-3-5-12-10-13(8-9-16(12)17)15-6-2-1-4-14(15)11-19/h1-10H. The van der Waals surface area contributed by atoms with Gasteiger partial charge in [0.15, 0.2) is 0 Å². The third kappa shape index (κ3) is 2.14. The van der Waals surface area contributed by atoms with E-state index in [1.807, 2.05) is 36.4 Å². The van der Waals surface area contributed by atoms with Crippen molar-refractivity contribution in [2.75, 3.05) is 0 Å². The van der Waals surface area contributed by atoms with Crippen LogP contribution in [0.25, 0.3) is 21.9 Å². The molecule has 0 aliphatic rings. The highest BCUT2D eigenvalue weighted by Gasteiger charge is 2.05. The molecule has 3 rings (SSSR count). The van der Waals surface area contributed by atoms with Crippen molar-refractivity contribution >= 4 is 26.7 Å². The Labute approximate surface area is 120 Å². The van der Waals surface area contributed by atoms with Crippen LogP contribution in [0, 0.1) is 11.3 Å². The van der Waals surface area contributed by atoms with Gasteiger partial charge in [-0.25, -0.2) is 0 Å². The van der Waals surface area contributed by atoms with E-state index in [4.69, 9.17) is 0 Å². The molecule has 0 amide bonds. The Morgan fingerprint density at radius 2 is 1.74 bits per heavy atom. The molecule has 0 saturated carbocycles. The van der Waals surface area contributed by atoms with Crippen LogP contribution in [0.1, 0.15) is 5.56 Å². The molecule has 0 radical (unpaired) electrons. The third-order valence-electron chi connectivity index (χ3n) is 3.19. The van der Waals surface area contributed by atoms with Gasteiger partial charge in [-0.05, 0) is 40.1 Å². The molecule has 90 valence electrons. The predicted molar refractivity (Wildman–Crippen MR) is 81.8 cm³/mol. The van der Waals surface area contributed by atoms with Crippen molar-refractivity contribution < 1.29 is 0 Å². The van der Waals surface area contributed by atoms with Gasteiger partial charge in [0.1, 0.15) is 0 Å². The van der Waals surface area contributed by atoms with Gasteiger partial charge in [-0.3, -0.25) is 0 Å². The molecule has 0 spiro atoms. The highest BCUT2D eigenvalue weighted by atomic mass is 79.9. The number of hydrogen-bond donors (Lipinski definition) is 0. The topological polar surface area (TPSA) is 23.8 Å². The van der Waals surface area contributed by atoms with Crippen molar-refractivity contribution in [3.63, 3.8) is 0 Å². The summed E-state index contributed by atoms with van der Waals surface area (Å²) in [4.78, 5) is 0. The van der Waals surface area contributed by atoms with E-state index >= 15 is 0 Å². The number of halogens is 1. The first-order chi connectivity index (χ1) is 9.29. The first-order valence-corrected chi connectivity index (χ1v) is 6.76. The largest absolute Gasteiger partial charge is 0.192 e. The van der Waals surface area contributed by atoms with Gasteiger partial charge in [0.2, 0.25) is 0 Å². The highest BCUT2D eigenvalue weighted by molar-refractivity contribution is 9.10. The molecule has 0 aliphatic carbocycles. The van der Waals surface area contributed by atoms with Gasteiger partial charge >= 0.3 is 0 Å². The van der Waals surface area contributed by atoms with Gasteiger partial charge < -0.3 is 0 Å². The monoisotopic (exact) mass is 307 g/mol. The maximum atomic E-state index is 9.18. The van der Waals surface area contributed by atoms with Gasteiger partial charge in [0, 0.05) is 4.47 Å². The fraction of sp³-hybridized carbons (Fsp3) is 0. The minimum absolute atomic E-state index is 0.705. The summed E-state index contributed by atoms with van der Waals surface area (Å²) in [6.45, 7) is 0. The Morgan fingerprint density at radius 3 is 2.58 bits per heavy atom. The smallest absolute Gasteiger partial charge is 0.0998 e. The zero-order chi connectivity index (χ0) is 13.2. The van der Waals surface area contributed by atoms with Crippen molar-refractivity contribution in [1.82, 2.24) is 0 Å². The van der Waals surface area contributed by atoms with Crippen molar-refractivity contribution in [2.24, 2.45) is 0 Å². The maximum Gasteiger partial charge on any atom is 0.0998 e. The summed E-state index contributed by atoms with van der Waals surface area (Å²) in [6.07, 6.45) is 0. The molecule has 3 aromatic rings. The summed E-state index contributed by atoms with van der Waals surface area (Å²) in [6, 6.07) is 22.3. The van der Waals surface area contributed by atoms with Crippen LogP contribution in [0.15, 0.2) is 65.1 Å². The molecule has 0 aliphatic heterocycles. The molecular weight excluding hydrogens is 298 g/mol. The molecule has 0 N–H and O–H groups in total. The Balaban J connectivity index is 2.25. The molecule has 0 aromatic heterocycles. The average molecular weight is 308 g/mol. The zero-order valence-electron chi connectivity index (χ0n) is 10.1. The molecule has 0 unspecified atom stereocenters. The van der Waals surface area contributed by atoms with Gasteiger partial charge in [-0.2, -0.15) is 5.26 Å². The lowest BCUT2D eigenvalue weighted by Gasteiger charge is -2.07. The van der Waals surface area contributed by atoms with E-state index < -0.39 is 0 Å². The van der Waals surface area contributed by atoms with Crippen LogP contribution in [-0.4, -0.2) is 0 Å². The summed E-state index contributed by atoms with van der Waals surface area (Å²) < 4.78 is 1.09. The normalized spacial score (nSPS) is 10.3. The van der Waals surface area contributed by atoms with Gasteiger partial charge in [0.25, 0.3) is 0 Å². The van der Waals surface area contributed by atoms with Crippen LogP contribution in [0.2, 0.25) is 0 Å². The Bertz CT molecular complexity index is 800. The van der Waals surface area contributed by atoms with Crippen LogP contribution < -0.4 is 0 Å². The minimum atomic E-state index is 0.705. The summed E-state index contributed by atoms with van der Waals surface area (Å²) in [5, 5.41) is 11.5. The van der Waals surface area contributed by atoms with Crippen LogP contribution in [0.4, 0.5) is 0 Å². The fourth-order valence-corrected chi connectivity index (χ4v) is 2.76. The van der Waals surface area contributed by atoms with Gasteiger partial charge in [-0.1, -0.05) is 58.4 Å². The van der Waals surface area contributed by atoms with E-state index in [9.17, 15) is 5.26 Å². The van der Waals surface area contributed by atoms with Crippen LogP contribution >= 0.6 is 15.9 Å². The van der Waals surface area contributed by atoms with E-state index in [0.29, 0.717) is 5.56 Å². The highest BCUT2D eigenvalue weighted by Crippen LogP contribution is 2.30. The van der Waals surface area contributed by atoms with Crippen molar-refractivity contribution in [3.8, 4) is 17.2 Å². The lowest BCUT2D eigenvalue weighted by atomic mass is 9.98. The van der Waals surface area contributed by atoms with E-state index in [2.05, 4.69) is 46.3 Å². The van der Waals surface area contributed by atoms with Crippen molar-refractivity contribution in [2.45, 2.75) is 0 Å². The number of benzene rings is 3. The minimum Gasteiger partial charge on any atom is -0.192 e. The second-order valence-corrected chi connectivity index (χ2v) is 5.19. The van der Waals surface area contributed by atoms with Crippen LogP contribution in [-0.2, 0) is 0 Å². The number of nitrogens with zero attached hydrogens (tertiary/aromatic N) is 1. The van der Waals surface area contributed by atoms with Crippen molar-refractivity contribution in [1.29, 1.82) is 5.26 Å². The zero-order valence-corrected chi connectivity index (χ0v) is 11.7. The second kappa shape index (κ2) is 4.87. The van der Waals surface area contributed by atoms with E-state index in [0.717, 1.165) is 15.6 Å². The first-order valence-electron chi connectivity index (χ1n) is 5.97. The van der Waals surface area contributed by atoms with Gasteiger partial charge in [0.05, 0.1) is 11.6 Å². The fourth-order valence-electron chi connectivity index (χ4n) is 2.24. The van der Waals surface area contributed by atoms with E-state index in [-0.39, 0.29) is 0 Å². The molecule has 19 heavy (non-hydrogen) atoms. The number of hydrogen-bond acceptors (Lipinski definition) is 1. The maximum absolute atomic E-state index is 9.18. The SMILES string of the molecule is N#Cc1ccccc1-c1ccc2c(Br)cccc2c1. The van der Waals surface area contributed by atoms with Crippen LogP contribution in [0.5, 0.6) is 0 Å². The lowest BCUT2D eigenvalue weighted by Crippen LogP contribution is -1.84. The van der Waals surface area contributed by atoms with Crippen LogP contribution in [0.3, 0.4) is 0 Å². The van der Waals surface area contributed by atoms with E-state index in [1.165, 1.54) is 10.8 Å².